The summed E-state index contributed by atoms with van der Waals surface area (Å²) in [6, 6.07) is 0. The Morgan fingerprint density at radius 2 is 2.00 bits per heavy atom. The van der Waals surface area contributed by atoms with Crippen molar-refractivity contribution in [1.29, 1.82) is 0 Å². The van der Waals surface area contributed by atoms with Crippen molar-refractivity contribution in [2.24, 2.45) is 11.1 Å². The van der Waals surface area contributed by atoms with E-state index < -0.39 is 0 Å². The topological polar surface area (TPSA) is 55.1 Å². The molecule has 0 saturated carbocycles. The highest BCUT2D eigenvalue weighted by atomic mass is 16.1. The summed E-state index contributed by atoms with van der Waals surface area (Å²) < 4.78 is 0. The first-order chi connectivity index (χ1) is 7.83. The maximum atomic E-state index is 11.3. The van der Waals surface area contributed by atoms with Gasteiger partial charge in [-0.15, -0.1) is 0 Å². The van der Waals surface area contributed by atoms with E-state index in [9.17, 15) is 4.79 Å². The van der Waals surface area contributed by atoms with Gasteiger partial charge in [-0.05, 0) is 32.8 Å². The van der Waals surface area contributed by atoms with Gasteiger partial charge in [-0.1, -0.05) is 33.3 Å². The van der Waals surface area contributed by atoms with Crippen molar-refractivity contribution in [1.82, 2.24) is 5.32 Å². The molecule has 0 aliphatic heterocycles. The summed E-state index contributed by atoms with van der Waals surface area (Å²) in [4.78, 5) is 11.3. The maximum absolute atomic E-state index is 11.3. The van der Waals surface area contributed by atoms with Crippen LogP contribution >= 0.6 is 0 Å². The summed E-state index contributed by atoms with van der Waals surface area (Å²) >= 11 is 0. The lowest BCUT2D eigenvalue weighted by atomic mass is 9.67. The number of hydrogen-bond acceptors (Lipinski definition) is 2. The Morgan fingerprint density at radius 3 is 2.35 bits per heavy atom. The molecule has 0 aliphatic rings. The molecule has 0 aromatic carbocycles. The molecule has 17 heavy (non-hydrogen) atoms. The minimum absolute atomic E-state index is 0.0400. The largest absolute Gasteiger partial charge is 0.352 e. The van der Waals surface area contributed by atoms with Crippen LogP contribution < -0.4 is 11.1 Å². The quantitative estimate of drug-likeness (QED) is 0.641. The molecule has 3 heteroatoms. The molecule has 0 rings (SSSR count). The summed E-state index contributed by atoms with van der Waals surface area (Å²) in [6.45, 7) is 12.5. The van der Waals surface area contributed by atoms with Gasteiger partial charge in [0.15, 0.2) is 0 Å². The molecule has 0 bridgehead atoms. The summed E-state index contributed by atoms with van der Waals surface area (Å²) in [6.07, 6.45) is 5.60. The van der Waals surface area contributed by atoms with Crippen molar-refractivity contribution in [2.45, 2.75) is 58.9 Å². The first-order valence-corrected chi connectivity index (χ1v) is 6.52. The van der Waals surface area contributed by atoms with Crippen molar-refractivity contribution in [3.8, 4) is 0 Å². The van der Waals surface area contributed by atoms with E-state index in [-0.39, 0.29) is 16.9 Å². The normalized spacial score (nSPS) is 15.1. The van der Waals surface area contributed by atoms with E-state index in [1.165, 1.54) is 6.08 Å². The van der Waals surface area contributed by atoms with Gasteiger partial charge in [0.05, 0.1) is 0 Å². The van der Waals surface area contributed by atoms with Crippen molar-refractivity contribution in [2.75, 3.05) is 6.54 Å². The summed E-state index contributed by atoms with van der Waals surface area (Å²) in [5.74, 6) is -0.122. The molecule has 0 aromatic heterocycles. The van der Waals surface area contributed by atoms with Crippen molar-refractivity contribution < 1.29 is 4.79 Å². The van der Waals surface area contributed by atoms with E-state index in [0.717, 1.165) is 25.7 Å². The lowest BCUT2D eigenvalue weighted by Gasteiger charge is -2.44. The monoisotopic (exact) mass is 240 g/mol. The van der Waals surface area contributed by atoms with Crippen LogP contribution in [0.5, 0.6) is 0 Å². The average molecular weight is 240 g/mol. The molecule has 0 fully saturated rings. The van der Waals surface area contributed by atoms with Gasteiger partial charge in [-0.2, -0.15) is 0 Å². The first-order valence-electron chi connectivity index (χ1n) is 6.52. The van der Waals surface area contributed by atoms with E-state index in [1.807, 2.05) is 13.8 Å². The highest BCUT2D eigenvalue weighted by Gasteiger charge is 2.40. The van der Waals surface area contributed by atoms with Gasteiger partial charge >= 0.3 is 0 Å². The Bertz CT molecular complexity index is 255. The summed E-state index contributed by atoms with van der Waals surface area (Å²) in [7, 11) is 0. The van der Waals surface area contributed by atoms with Gasteiger partial charge in [0.25, 0.3) is 0 Å². The molecule has 0 saturated heterocycles. The minimum atomic E-state index is -0.300. The number of carbonyl (C=O) groups is 1. The fraction of sp³-hybridized carbons (Fsp3) is 0.786. The molecule has 3 N–H and O–H groups in total. The Morgan fingerprint density at radius 1 is 1.41 bits per heavy atom. The number of hydrogen-bond donors (Lipinski definition) is 2. The van der Waals surface area contributed by atoms with E-state index >= 15 is 0 Å². The lowest BCUT2D eigenvalue weighted by molar-refractivity contribution is -0.117. The molecule has 1 atom stereocenters. The van der Waals surface area contributed by atoms with E-state index in [2.05, 4.69) is 25.7 Å². The van der Waals surface area contributed by atoms with Crippen molar-refractivity contribution >= 4 is 5.91 Å². The summed E-state index contributed by atoms with van der Waals surface area (Å²) in [5.41, 5.74) is 5.98. The van der Waals surface area contributed by atoms with Crippen LogP contribution in [0, 0.1) is 5.41 Å². The van der Waals surface area contributed by atoms with Gasteiger partial charge in [0.1, 0.15) is 0 Å². The minimum Gasteiger partial charge on any atom is -0.352 e. The van der Waals surface area contributed by atoms with Gasteiger partial charge < -0.3 is 11.1 Å². The van der Waals surface area contributed by atoms with Crippen LogP contribution in [0.3, 0.4) is 0 Å². The maximum Gasteiger partial charge on any atom is 0.243 e. The van der Waals surface area contributed by atoms with Crippen LogP contribution in [-0.4, -0.2) is 18.0 Å². The van der Waals surface area contributed by atoms with E-state index in [4.69, 9.17) is 5.73 Å². The zero-order valence-electron chi connectivity index (χ0n) is 11.8. The highest BCUT2D eigenvalue weighted by Crippen LogP contribution is 2.37. The second-order valence-corrected chi connectivity index (χ2v) is 5.38. The zero-order chi connectivity index (χ0) is 13.5. The van der Waals surface area contributed by atoms with Gasteiger partial charge in [0, 0.05) is 17.5 Å². The number of nitrogens with two attached hydrogens (primary N) is 1. The van der Waals surface area contributed by atoms with Crippen LogP contribution in [0.1, 0.15) is 53.4 Å². The van der Waals surface area contributed by atoms with Crippen molar-refractivity contribution in [3.63, 3.8) is 0 Å². The molecule has 1 unspecified atom stereocenters. The number of unbranched alkanes of at least 4 members (excludes halogenated alkanes) is 1. The second kappa shape index (κ2) is 6.80. The molecular formula is C14H28N2O. The predicted octanol–water partition coefficient (Wildman–Crippen LogP) is 2.61. The second-order valence-electron chi connectivity index (χ2n) is 5.38. The number of carbonyl (C=O) groups excluding carboxylic acids is 1. The molecule has 0 spiro atoms. The lowest BCUT2D eigenvalue weighted by Crippen LogP contribution is -2.56. The van der Waals surface area contributed by atoms with Crippen LogP contribution in [0.4, 0.5) is 0 Å². The standard InChI is InChI=1S/C14H28N2O/c1-6-9-10-14(8-3,13(4,5)15)11-16-12(17)7-2/h7H,2,6,8-11,15H2,1,3-5H3,(H,16,17). The molecule has 0 heterocycles. The van der Waals surface area contributed by atoms with Crippen LogP contribution in [-0.2, 0) is 4.79 Å². The molecule has 0 radical (unpaired) electrons. The number of amides is 1. The molecule has 3 nitrogen and oxygen atoms in total. The van der Waals surface area contributed by atoms with Crippen LogP contribution in [0.2, 0.25) is 0 Å². The average Bonchev–Trinajstić information content (AvgIpc) is 2.27. The van der Waals surface area contributed by atoms with Crippen LogP contribution in [0.15, 0.2) is 12.7 Å². The third-order valence-electron chi connectivity index (χ3n) is 3.84. The smallest absolute Gasteiger partial charge is 0.243 e. The summed E-state index contributed by atoms with van der Waals surface area (Å²) in [5, 5.41) is 2.90. The fourth-order valence-electron chi connectivity index (χ4n) is 2.24. The van der Waals surface area contributed by atoms with Gasteiger partial charge in [-0.25, -0.2) is 0 Å². The molecule has 0 aliphatic carbocycles. The molecule has 0 aromatic rings. The van der Waals surface area contributed by atoms with Crippen molar-refractivity contribution in [3.05, 3.63) is 12.7 Å². The number of nitrogens with one attached hydrogen (secondary N) is 1. The third-order valence-corrected chi connectivity index (χ3v) is 3.84. The van der Waals surface area contributed by atoms with Crippen LogP contribution in [0.25, 0.3) is 0 Å². The third kappa shape index (κ3) is 4.50. The Hall–Kier alpha value is -0.830. The molecule has 1 amide bonds. The fourth-order valence-corrected chi connectivity index (χ4v) is 2.24. The predicted molar refractivity (Wildman–Crippen MR) is 73.7 cm³/mol. The van der Waals surface area contributed by atoms with E-state index in [0.29, 0.717) is 6.54 Å². The first kappa shape index (κ1) is 16.2. The zero-order valence-corrected chi connectivity index (χ0v) is 11.8. The Balaban J connectivity index is 4.79. The SMILES string of the molecule is C=CC(=O)NCC(CC)(CCCC)C(C)(C)N. The highest BCUT2D eigenvalue weighted by molar-refractivity contribution is 5.86. The van der Waals surface area contributed by atoms with E-state index in [1.54, 1.807) is 0 Å². The Labute approximate surface area is 106 Å². The van der Waals surface area contributed by atoms with Gasteiger partial charge in [0.2, 0.25) is 5.91 Å². The molecule has 100 valence electrons. The number of rotatable bonds is 8. The Kier molecular flexibility index (Phi) is 6.46. The van der Waals surface area contributed by atoms with Gasteiger partial charge in [-0.3, -0.25) is 4.79 Å². The molecular weight excluding hydrogens is 212 g/mol.